The van der Waals surface area contributed by atoms with Crippen molar-refractivity contribution in [3.8, 4) is 0 Å². The molecular formula is C16H27BrN2O2. The van der Waals surface area contributed by atoms with Gasteiger partial charge in [-0.25, -0.2) is 0 Å². The van der Waals surface area contributed by atoms with Gasteiger partial charge in [0.2, 0.25) is 0 Å². The van der Waals surface area contributed by atoms with Crippen LogP contribution in [0.4, 0.5) is 5.69 Å². The van der Waals surface area contributed by atoms with Crippen LogP contribution in [0.25, 0.3) is 0 Å². The van der Waals surface area contributed by atoms with Gasteiger partial charge >= 0.3 is 0 Å². The van der Waals surface area contributed by atoms with Gasteiger partial charge in [-0.1, -0.05) is 13.0 Å². The van der Waals surface area contributed by atoms with E-state index in [1.54, 1.807) is 14.2 Å². The molecule has 21 heavy (non-hydrogen) atoms. The van der Waals surface area contributed by atoms with Gasteiger partial charge in [0.25, 0.3) is 0 Å². The molecule has 0 aromatic heterocycles. The summed E-state index contributed by atoms with van der Waals surface area (Å²) >= 11 is 3.70. The molecule has 1 aromatic carbocycles. The molecule has 1 rings (SSSR count). The van der Waals surface area contributed by atoms with Crippen molar-refractivity contribution in [1.82, 2.24) is 5.32 Å². The minimum atomic E-state index is 0.353. The first-order valence-corrected chi connectivity index (χ1v) is 8.19. The van der Waals surface area contributed by atoms with Crippen molar-refractivity contribution in [1.29, 1.82) is 0 Å². The van der Waals surface area contributed by atoms with E-state index in [0.717, 1.165) is 24.1 Å². The Kier molecular flexibility index (Phi) is 8.92. The van der Waals surface area contributed by atoms with Crippen LogP contribution in [-0.4, -0.2) is 47.1 Å². The maximum atomic E-state index is 5.20. The number of methoxy groups -OCH3 is 2. The van der Waals surface area contributed by atoms with Crippen molar-refractivity contribution in [3.63, 3.8) is 0 Å². The summed E-state index contributed by atoms with van der Waals surface area (Å²) in [5.41, 5.74) is 2.46. The van der Waals surface area contributed by atoms with Gasteiger partial charge in [0.15, 0.2) is 0 Å². The zero-order valence-electron chi connectivity index (χ0n) is 13.5. The van der Waals surface area contributed by atoms with Crippen molar-refractivity contribution in [3.05, 3.63) is 28.2 Å². The van der Waals surface area contributed by atoms with Crippen molar-refractivity contribution >= 4 is 21.6 Å². The van der Waals surface area contributed by atoms with Crippen LogP contribution in [0.15, 0.2) is 22.7 Å². The molecule has 1 N–H and O–H groups in total. The van der Waals surface area contributed by atoms with Crippen LogP contribution >= 0.6 is 15.9 Å². The van der Waals surface area contributed by atoms with Crippen molar-refractivity contribution in [2.24, 2.45) is 0 Å². The Morgan fingerprint density at radius 1 is 1.19 bits per heavy atom. The molecule has 0 radical (unpaired) electrons. The van der Waals surface area contributed by atoms with Gasteiger partial charge in [-0.15, -0.1) is 0 Å². The van der Waals surface area contributed by atoms with Crippen LogP contribution in [0.1, 0.15) is 25.5 Å². The second kappa shape index (κ2) is 10.2. The van der Waals surface area contributed by atoms with Crippen molar-refractivity contribution < 1.29 is 9.47 Å². The van der Waals surface area contributed by atoms with Crippen LogP contribution < -0.4 is 10.2 Å². The van der Waals surface area contributed by atoms with Gasteiger partial charge in [0, 0.05) is 37.8 Å². The van der Waals surface area contributed by atoms with Gasteiger partial charge in [0.1, 0.15) is 0 Å². The Bertz CT molecular complexity index is 407. The van der Waals surface area contributed by atoms with Crippen LogP contribution in [-0.2, 0) is 9.47 Å². The van der Waals surface area contributed by atoms with Crippen LogP contribution in [0, 0.1) is 0 Å². The highest BCUT2D eigenvalue weighted by atomic mass is 79.9. The summed E-state index contributed by atoms with van der Waals surface area (Å²) in [6.07, 6.45) is 0. The maximum Gasteiger partial charge on any atom is 0.0637 e. The summed E-state index contributed by atoms with van der Waals surface area (Å²) in [6, 6.07) is 6.89. The molecule has 0 bridgehead atoms. The number of hydrogen-bond donors (Lipinski definition) is 1. The Balaban J connectivity index is 2.87. The molecule has 1 unspecified atom stereocenters. The van der Waals surface area contributed by atoms with Gasteiger partial charge < -0.3 is 19.7 Å². The molecule has 0 spiro atoms. The lowest BCUT2D eigenvalue weighted by Gasteiger charge is -2.26. The highest BCUT2D eigenvalue weighted by molar-refractivity contribution is 9.10. The number of halogens is 1. The van der Waals surface area contributed by atoms with E-state index in [-0.39, 0.29) is 0 Å². The fraction of sp³-hybridized carbons (Fsp3) is 0.625. The second-order valence-corrected chi connectivity index (χ2v) is 5.82. The number of nitrogens with zero attached hydrogens (tertiary/aromatic N) is 1. The first kappa shape index (κ1) is 18.4. The zero-order chi connectivity index (χ0) is 15.7. The zero-order valence-corrected chi connectivity index (χ0v) is 15.1. The summed E-state index contributed by atoms with van der Waals surface area (Å²) < 4.78 is 11.5. The first-order chi connectivity index (χ1) is 10.1. The third-order valence-corrected chi connectivity index (χ3v) is 4.09. The van der Waals surface area contributed by atoms with Gasteiger partial charge in [-0.3, -0.25) is 0 Å². The highest BCUT2D eigenvalue weighted by Gasteiger charge is 2.12. The van der Waals surface area contributed by atoms with Crippen LogP contribution in [0.3, 0.4) is 0 Å². The van der Waals surface area contributed by atoms with E-state index >= 15 is 0 Å². The monoisotopic (exact) mass is 358 g/mol. The van der Waals surface area contributed by atoms with E-state index in [9.17, 15) is 0 Å². The summed E-state index contributed by atoms with van der Waals surface area (Å²) in [5, 5.41) is 3.43. The Morgan fingerprint density at radius 3 is 2.29 bits per heavy atom. The topological polar surface area (TPSA) is 33.7 Å². The number of nitrogens with one attached hydrogen (secondary N) is 1. The number of hydrogen-bond acceptors (Lipinski definition) is 4. The second-order valence-electron chi connectivity index (χ2n) is 4.96. The van der Waals surface area contributed by atoms with Crippen LogP contribution in [0.2, 0.25) is 0 Å². The summed E-state index contributed by atoms with van der Waals surface area (Å²) in [7, 11) is 3.45. The number of benzene rings is 1. The minimum absolute atomic E-state index is 0.353. The third kappa shape index (κ3) is 5.94. The molecule has 0 aliphatic heterocycles. The average Bonchev–Trinajstić information content (AvgIpc) is 2.48. The Morgan fingerprint density at radius 2 is 1.81 bits per heavy atom. The van der Waals surface area contributed by atoms with Gasteiger partial charge in [-0.2, -0.15) is 0 Å². The smallest absolute Gasteiger partial charge is 0.0637 e. The molecule has 120 valence electrons. The molecular weight excluding hydrogens is 332 g/mol. The maximum absolute atomic E-state index is 5.20. The fourth-order valence-corrected chi connectivity index (χ4v) is 2.88. The van der Waals surface area contributed by atoms with E-state index in [1.807, 2.05) is 0 Å². The van der Waals surface area contributed by atoms with Gasteiger partial charge in [0.05, 0.1) is 18.9 Å². The van der Waals surface area contributed by atoms with E-state index in [1.165, 1.54) is 11.3 Å². The first-order valence-electron chi connectivity index (χ1n) is 7.39. The SMILES string of the molecule is CCNC(C)c1ccc(N(CCOC)CCOC)c(Br)c1. The molecule has 0 aliphatic rings. The minimum Gasteiger partial charge on any atom is -0.383 e. The van der Waals surface area contributed by atoms with E-state index in [2.05, 4.69) is 58.2 Å². The molecule has 0 fully saturated rings. The quantitative estimate of drug-likeness (QED) is 0.696. The molecule has 1 aromatic rings. The predicted octanol–water partition coefficient (Wildman–Crippen LogP) is 3.22. The normalized spacial score (nSPS) is 12.4. The highest BCUT2D eigenvalue weighted by Crippen LogP contribution is 2.29. The van der Waals surface area contributed by atoms with Crippen LogP contribution in [0.5, 0.6) is 0 Å². The molecule has 5 heteroatoms. The molecule has 0 amide bonds. The molecule has 4 nitrogen and oxygen atoms in total. The fourth-order valence-electron chi connectivity index (χ4n) is 2.23. The lowest BCUT2D eigenvalue weighted by atomic mass is 10.1. The summed E-state index contributed by atoms with van der Waals surface area (Å²) in [4.78, 5) is 2.28. The lowest BCUT2D eigenvalue weighted by Crippen LogP contribution is -2.31. The third-order valence-electron chi connectivity index (χ3n) is 3.45. The molecule has 0 heterocycles. The average molecular weight is 359 g/mol. The summed E-state index contributed by atoms with van der Waals surface area (Å²) in [6.45, 7) is 8.36. The summed E-state index contributed by atoms with van der Waals surface area (Å²) in [5.74, 6) is 0. The van der Waals surface area contributed by atoms with Gasteiger partial charge in [-0.05, 0) is 47.1 Å². The largest absolute Gasteiger partial charge is 0.383 e. The Labute approximate surface area is 136 Å². The van der Waals surface area contributed by atoms with E-state index in [0.29, 0.717) is 19.3 Å². The predicted molar refractivity (Wildman–Crippen MR) is 92.2 cm³/mol. The number of ether oxygens (including phenoxy) is 2. The van der Waals surface area contributed by atoms with Crippen molar-refractivity contribution in [2.45, 2.75) is 19.9 Å². The Hall–Kier alpha value is -0.620. The standard InChI is InChI=1S/C16H27BrN2O2/c1-5-18-13(2)14-6-7-16(15(17)12-14)19(8-10-20-3)9-11-21-4/h6-7,12-13,18H,5,8-11H2,1-4H3. The number of rotatable bonds is 10. The van der Waals surface area contributed by atoms with E-state index < -0.39 is 0 Å². The molecule has 0 saturated carbocycles. The van der Waals surface area contributed by atoms with Crippen molar-refractivity contribution in [2.75, 3.05) is 52.0 Å². The molecule has 1 atom stereocenters. The lowest BCUT2D eigenvalue weighted by molar-refractivity contribution is 0.190. The van der Waals surface area contributed by atoms with E-state index in [4.69, 9.17) is 9.47 Å². The molecule has 0 aliphatic carbocycles. The molecule has 0 saturated heterocycles. The number of anilines is 1.